The van der Waals surface area contributed by atoms with Crippen LogP contribution in [-0.4, -0.2) is 34.1 Å². The van der Waals surface area contributed by atoms with Crippen LogP contribution in [0.3, 0.4) is 0 Å². The predicted molar refractivity (Wildman–Crippen MR) is 78.1 cm³/mol. The molecule has 0 aliphatic heterocycles. The van der Waals surface area contributed by atoms with Crippen LogP contribution < -0.4 is 0 Å². The Bertz CT molecular complexity index is 640. The quantitative estimate of drug-likeness (QED) is 0.924. The monoisotopic (exact) mass is 289 g/mol. The fourth-order valence-corrected chi connectivity index (χ4v) is 2.86. The Balaban J connectivity index is 1.79. The van der Waals surface area contributed by atoms with Gasteiger partial charge >= 0.3 is 0 Å². The van der Waals surface area contributed by atoms with Crippen LogP contribution >= 0.6 is 11.6 Å². The van der Waals surface area contributed by atoms with E-state index in [-0.39, 0.29) is 11.9 Å². The Morgan fingerprint density at radius 3 is 2.45 bits per heavy atom. The normalized spacial score (nSPS) is 14.3. The predicted octanol–water partition coefficient (Wildman–Crippen LogP) is 2.61. The van der Waals surface area contributed by atoms with Crippen molar-refractivity contribution < 1.29 is 4.79 Å². The van der Waals surface area contributed by atoms with E-state index in [9.17, 15) is 4.79 Å². The molecule has 0 atom stereocenters. The van der Waals surface area contributed by atoms with E-state index < -0.39 is 0 Å². The van der Waals surface area contributed by atoms with Gasteiger partial charge in [-0.05, 0) is 30.9 Å². The number of fused-ring (bicyclic) bond motifs is 1. The number of hydrogen-bond donors (Lipinski definition) is 1. The van der Waals surface area contributed by atoms with Crippen molar-refractivity contribution in [3.05, 3.63) is 51.8 Å². The van der Waals surface area contributed by atoms with Gasteiger partial charge in [-0.25, -0.2) is 0 Å². The fourth-order valence-electron chi connectivity index (χ4n) is 2.70. The number of halogens is 1. The van der Waals surface area contributed by atoms with Gasteiger partial charge in [0.1, 0.15) is 0 Å². The molecule has 0 spiro atoms. The van der Waals surface area contributed by atoms with Crippen LogP contribution in [0.25, 0.3) is 0 Å². The van der Waals surface area contributed by atoms with Crippen molar-refractivity contribution >= 4 is 17.5 Å². The molecule has 0 bridgehead atoms. The smallest absolute Gasteiger partial charge is 0.275 e. The Kier molecular flexibility index (Phi) is 3.26. The van der Waals surface area contributed by atoms with Crippen molar-refractivity contribution in [1.29, 1.82) is 0 Å². The Morgan fingerprint density at radius 2 is 1.95 bits per heavy atom. The minimum absolute atomic E-state index is 0.128. The minimum Gasteiger partial charge on any atom is -0.337 e. The number of likely N-dealkylation sites (N-methyl/N-ethyl adjacent to an activating group) is 1. The van der Waals surface area contributed by atoms with Crippen LogP contribution in [0, 0.1) is 6.92 Å². The summed E-state index contributed by atoms with van der Waals surface area (Å²) >= 11 is 6.10. The summed E-state index contributed by atoms with van der Waals surface area (Å²) in [6, 6.07) is 8.50. The van der Waals surface area contributed by atoms with Crippen molar-refractivity contribution in [2.45, 2.75) is 25.8 Å². The molecule has 2 aromatic rings. The molecule has 1 aliphatic carbocycles. The second kappa shape index (κ2) is 4.94. The molecular weight excluding hydrogens is 274 g/mol. The molecule has 20 heavy (non-hydrogen) atoms. The molecule has 1 aliphatic rings. The highest BCUT2D eigenvalue weighted by Gasteiger charge is 2.30. The second-order valence-corrected chi connectivity index (χ2v) is 5.64. The molecule has 1 N–H and O–H groups in total. The third-order valence-corrected chi connectivity index (χ3v) is 4.44. The average molecular weight is 290 g/mol. The molecule has 0 saturated heterocycles. The molecule has 1 heterocycles. The molecule has 1 aromatic carbocycles. The lowest BCUT2D eigenvalue weighted by Crippen LogP contribution is -2.37. The Labute approximate surface area is 122 Å². The molecule has 0 saturated carbocycles. The van der Waals surface area contributed by atoms with E-state index in [4.69, 9.17) is 11.6 Å². The van der Waals surface area contributed by atoms with Crippen molar-refractivity contribution in [2.24, 2.45) is 0 Å². The Hall–Kier alpha value is -1.81. The number of hydrogen-bond acceptors (Lipinski definition) is 2. The molecule has 1 amide bonds. The van der Waals surface area contributed by atoms with Crippen molar-refractivity contribution in [2.75, 3.05) is 7.05 Å². The molecular formula is C15H16ClN3O. The number of carbonyl (C=O) groups excluding carboxylic acids is 1. The number of carbonyl (C=O) groups is 1. The minimum atomic E-state index is -0.128. The summed E-state index contributed by atoms with van der Waals surface area (Å²) in [5.74, 6) is -0.128. The first-order valence-corrected chi connectivity index (χ1v) is 7.00. The molecule has 0 radical (unpaired) electrons. The van der Waals surface area contributed by atoms with E-state index in [0.717, 1.165) is 18.5 Å². The van der Waals surface area contributed by atoms with Gasteiger partial charge in [0.15, 0.2) is 5.69 Å². The molecule has 104 valence electrons. The highest BCUT2D eigenvalue weighted by atomic mass is 35.5. The number of H-pyrrole nitrogens is 1. The average Bonchev–Trinajstić information content (AvgIpc) is 3.02. The van der Waals surface area contributed by atoms with Crippen LogP contribution in [-0.2, 0) is 12.8 Å². The summed E-state index contributed by atoms with van der Waals surface area (Å²) in [6.45, 7) is 1.80. The number of aromatic nitrogens is 2. The first kappa shape index (κ1) is 13.2. The van der Waals surface area contributed by atoms with Gasteiger partial charge in [-0.2, -0.15) is 5.10 Å². The van der Waals surface area contributed by atoms with Gasteiger partial charge in [0.2, 0.25) is 0 Å². The highest BCUT2D eigenvalue weighted by Crippen LogP contribution is 2.26. The van der Waals surface area contributed by atoms with E-state index in [1.807, 2.05) is 19.2 Å². The largest absolute Gasteiger partial charge is 0.337 e. The topological polar surface area (TPSA) is 49.0 Å². The molecule has 5 heteroatoms. The summed E-state index contributed by atoms with van der Waals surface area (Å²) in [6.07, 6.45) is 1.78. The maximum absolute atomic E-state index is 12.5. The maximum atomic E-state index is 12.5. The van der Waals surface area contributed by atoms with E-state index in [1.165, 1.54) is 11.1 Å². The fraction of sp³-hybridized carbons (Fsp3) is 0.333. The van der Waals surface area contributed by atoms with Crippen molar-refractivity contribution in [3.8, 4) is 0 Å². The third kappa shape index (κ3) is 2.10. The van der Waals surface area contributed by atoms with Crippen molar-refractivity contribution in [1.82, 2.24) is 15.1 Å². The first-order valence-electron chi connectivity index (χ1n) is 6.62. The molecule has 4 nitrogen and oxygen atoms in total. The zero-order valence-corrected chi connectivity index (χ0v) is 12.2. The van der Waals surface area contributed by atoms with Crippen molar-refractivity contribution in [3.63, 3.8) is 0 Å². The molecule has 0 unspecified atom stereocenters. The standard InChI is InChI=1S/C15H16ClN3O/c1-9-13(16)14(18-17-9)15(20)19(2)12-7-10-5-3-4-6-11(10)8-12/h3-6,12H,7-8H2,1-2H3,(H,17,18). The molecule has 0 fully saturated rings. The first-order chi connectivity index (χ1) is 9.58. The number of rotatable bonds is 2. The maximum Gasteiger partial charge on any atom is 0.275 e. The SMILES string of the molecule is Cc1[nH]nc(C(=O)N(C)C2Cc3ccccc3C2)c1Cl. The van der Waals surface area contributed by atoms with Crippen LogP contribution in [0.2, 0.25) is 5.02 Å². The van der Waals surface area contributed by atoms with Gasteiger partial charge in [0.25, 0.3) is 5.91 Å². The number of aromatic amines is 1. The van der Waals surface area contributed by atoms with Gasteiger partial charge in [0.05, 0.1) is 10.7 Å². The zero-order chi connectivity index (χ0) is 14.3. The molecule has 1 aromatic heterocycles. The summed E-state index contributed by atoms with van der Waals surface area (Å²) in [4.78, 5) is 14.2. The van der Waals surface area contributed by atoms with Gasteiger partial charge < -0.3 is 4.90 Å². The lowest BCUT2D eigenvalue weighted by Gasteiger charge is -2.23. The van der Waals surface area contributed by atoms with Gasteiger partial charge in [-0.1, -0.05) is 35.9 Å². The van der Waals surface area contributed by atoms with Gasteiger partial charge in [-0.3, -0.25) is 9.89 Å². The van der Waals surface area contributed by atoms with Crippen LogP contribution in [0.5, 0.6) is 0 Å². The lowest BCUT2D eigenvalue weighted by atomic mass is 10.1. The molecule has 3 rings (SSSR count). The van der Waals surface area contributed by atoms with Crippen LogP contribution in [0.15, 0.2) is 24.3 Å². The van der Waals surface area contributed by atoms with E-state index in [2.05, 4.69) is 22.3 Å². The Morgan fingerprint density at radius 1 is 1.35 bits per heavy atom. The van der Waals surface area contributed by atoms with E-state index in [0.29, 0.717) is 10.7 Å². The summed E-state index contributed by atoms with van der Waals surface area (Å²) in [7, 11) is 1.82. The number of nitrogens with one attached hydrogen (secondary N) is 1. The highest BCUT2D eigenvalue weighted by molar-refractivity contribution is 6.34. The number of aryl methyl sites for hydroxylation is 1. The summed E-state index contributed by atoms with van der Waals surface area (Å²) in [5, 5.41) is 7.17. The number of nitrogens with zero attached hydrogens (tertiary/aromatic N) is 2. The van der Waals surface area contributed by atoms with Crippen LogP contribution in [0.1, 0.15) is 27.3 Å². The summed E-state index contributed by atoms with van der Waals surface area (Å²) < 4.78 is 0. The van der Waals surface area contributed by atoms with Crippen LogP contribution in [0.4, 0.5) is 0 Å². The van der Waals surface area contributed by atoms with Gasteiger partial charge in [0, 0.05) is 13.1 Å². The number of amides is 1. The van der Waals surface area contributed by atoms with E-state index in [1.54, 1.807) is 11.8 Å². The summed E-state index contributed by atoms with van der Waals surface area (Å²) in [5.41, 5.74) is 3.67. The third-order valence-electron chi connectivity index (χ3n) is 3.97. The van der Waals surface area contributed by atoms with Gasteiger partial charge in [-0.15, -0.1) is 0 Å². The lowest BCUT2D eigenvalue weighted by molar-refractivity contribution is 0.0732. The second-order valence-electron chi connectivity index (χ2n) is 5.26. The number of benzene rings is 1. The van der Waals surface area contributed by atoms with E-state index >= 15 is 0 Å². The zero-order valence-electron chi connectivity index (χ0n) is 11.5.